The highest BCUT2D eigenvalue weighted by molar-refractivity contribution is 5.95. The Hall–Kier alpha value is -1.48. The zero-order chi connectivity index (χ0) is 12.8. The average Bonchev–Trinajstić information content (AvgIpc) is 2.25. The van der Waals surface area contributed by atoms with Crippen molar-refractivity contribution < 1.29 is 9.18 Å². The molecule has 0 heterocycles. The Bertz CT molecular complexity index is 412. The lowest BCUT2D eigenvalue weighted by molar-refractivity contribution is -0.118. The first kappa shape index (κ1) is 13.6. The van der Waals surface area contributed by atoms with Gasteiger partial charge in [0.1, 0.15) is 5.82 Å². The summed E-state index contributed by atoms with van der Waals surface area (Å²) in [5.41, 5.74) is 0.704. The highest BCUT2D eigenvalue weighted by atomic mass is 19.1. The summed E-state index contributed by atoms with van der Waals surface area (Å²) in [5, 5.41) is 0. The van der Waals surface area contributed by atoms with Crippen LogP contribution in [-0.4, -0.2) is 31.3 Å². The van der Waals surface area contributed by atoms with Gasteiger partial charge in [-0.2, -0.15) is 0 Å². The van der Waals surface area contributed by atoms with Crippen LogP contribution in [0.2, 0.25) is 0 Å². The molecular formula is C14H18FNO. The molecule has 1 aromatic carbocycles. The van der Waals surface area contributed by atoms with Crippen LogP contribution in [0.4, 0.5) is 4.39 Å². The van der Waals surface area contributed by atoms with E-state index in [1.807, 2.05) is 25.9 Å². The molecule has 0 saturated heterocycles. The van der Waals surface area contributed by atoms with E-state index >= 15 is 0 Å². The topological polar surface area (TPSA) is 20.3 Å². The van der Waals surface area contributed by atoms with Crippen molar-refractivity contribution in [2.45, 2.75) is 6.92 Å². The number of rotatable bonds is 5. The third kappa shape index (κ3) is 4.91. The predicted molar refractivity (Wildman–Crippen MR) is 68.2 cm³/mol. The maximum Gasteiger partial charge on any atom is 0.159 e. The van der Waals surface area contributed by atoms with Crippen LogP contribution in [0.25, 0.3) is 6.08 Å². The molecular weight excluding hydrogens is 217 g/mol. The number of carbonyl (C=O) groups is 1. The first-order chi connectivity index (χ1) is 7.99. The van der Waals surface area contributed by atoms with Gasteiger partial charge in [-0.3, -0.25) is 4.79 Å². The van der Waals surface area contributed by atoms with E-state index in [1.165, 1.54) is 18.2 Å². The van der Waals surface area contributed by atoms with E-state index in [2.05, 4.69) is 0 Å². The summed E-state index contributed by atoms with van der Waals surface area (Å²) < 4.78 is 12.9. The monoisotopic (exact) mass is 235 g/mol. The number of ketones is 1. The fourth-order valence-corrected chi connectivity index (χ4v) is 1.59. The highest BCUT2D eigenvalue weighted by Gasteiger charge is 2.10. The lowest BCUT2D eigenvalue weighted by Crippen LogP contribution is -2.24. The molecule has 0 fully saturated rings. The molecule has 0 aliphatic rings. The fourth-order valence-electron chi connectivity index (χ4n) is 1.59. The second kappa shape index (κ2) is 6.30. The van der Waals surface area contributed by atoms with E-state index in [4.69, 9.17) is 0 Å². The number of halogens is 1. The van der Waals surface area contributed by atoms with Crippen molar-refractivity contribution in [3.05, 3.63) is 41.7 Å². The van der Waals surface area contributed by atoms with E-state index in [-0.39, 0.29) is 17.5 Å². The van der Waals surface area contributed by atoms with Crippen LogP contribution >= 0.6 is 0 Å². The summed E-state index contributed by atoms with van der Waals surface area (Å²) in [6.07, 6.45) is 3.17. The SMILES string of the molecule is C[C@@H](CN(C)C)C(=O)/C=C/c1cccc(F)c1. The zero-order valence-corrected chi connectivity index (χ0v) is 10.5. The second-order valence-electron chi connectivity index (χ2n) is 4.45. The summed E-state index contributed by atoms with van der Waals surface area (Å²) >= 11 is 0. The van der Waals surface area contributed by atoms with Gasteiger partial charge in [0.15, 0.2) is 5.78 Å². The Kier molecular flexibility index (Phi) is 5.04. The summed E-state index contributed by atoms with van der Waals surface area (Å²) in [6.45, 7) is 2.60. The molecule has 0 radical (unpaired) electrons. The quantitative estimate of drug-likeness (QED) is 0.731. The molecule has 0 amide bonds. The summed E-state index contributed by atoms with van der Waals surface area (Å²) in [7, 11) is 3.86. The van der Waals surface area contributed by atoms with Gasteiger partial charge in [-0.1, -0.05) is 25.1 Å². The van der Waals surface area contributed by atoms with Crippen molar-refractivity contribution in [2.24, 2.45) is 5.92 Å². The average molecular weight is 235 g/mol. The molecule has 0 unspecified atom stereocenters. The van der Waals surface area contributed by atoms with Gasteiger partial charge in [0.2, 0.25) is 0 Å². The summed E-state index contributed by atoms with van der Waals surface area (Å²) in [6, 6.07) is 6.18. The zero-order valence-electron chi connectivity index (χ0n) is 10.5. The van der Waals surface area contributed by atoms with Crippen LogP contribution in [-0.2, 0) is 4.79 Å². The van der Waals surface area contributed by atoms with Gasteiger partial charge in [0.25, 0.3) is 0 Å². The first-order valence-electron chi connectivity index (χ1n) is 5.61. The number of carbonyl (C=O) groups excluding carboxylic acids is 1. The van der Waals surface area contributed by atoms with Gasteiger partial charge in [0, 0.05) is 12.5 Å². The van der Waals surface area contributed by atoms with Crippen molar-refractivity contribution in [1.82, 2.24) is 4.90 Å². The Morgan fingerprint density at radius 3 is 2.76 bits per heavy atom. The van der Waals surface area contributed by atoms with Gasteiger partial charge < -0.3 is 4.90 Å². The third-order valence-electron chi connectivity index (χ3n) is 2.41. The molecule has 0 spiro atoms. The van der Waals surface area contributed by atoms with Gasteiger partial charge in [-0.05, 0) is 37.9 Å². The Labute approximate surface area is 102 Å². The predicted octanol–water partition coefficient (Wildman–Crippen LogP) is 2.61. The maximum absolute atomic E-state index is 12.9. The molecule has 1 rings (SSSR count). The van der Waals surface area contributed by atoms with Gasteiger partial charge >= 0.3 is 0 Å². The molecule has 0 aromatic heterocycles. The molecule has 0 bridgehead atoms. The molecule has 92 valence electrons. The molecule has 1 aromatic rings. The van der Waals surface area contributed by atoms with Crippen LogP contribution in [0, 0.1) is 11.7 Å². The molecule has 17 heavy (non-hydrogen) atoms. The second-order valence-corrected chi connectivity index (χ2v) is 4.45. The number of benzene rings is 1. The molecule has 0 N–H and O–H groups in total. The minimum Gasteiger partial charge on any atom is -0.309 e. The van der Waals surface area contributed by atoms with Crippen LogP contribution in [0.15, 0.2) is 30.3 Å². The number of nitrogens with zero attached hydrogens (tertiary/aromatic N) is 1. The number of hydrogen-bond acceptors (Lipinski definition) is 2. The van der Waals surface area contributed by atoms with Crippen LogP contribution < -0.4 is 0 Å². The molecule has 0 saturated carbocycles. The highest BCUT2D eigenvalue weighted by Crippen LogP contribution is 2.07. The van der Waals surface area contributed by atoms with Gasteiger partial charge in [-0.25, -0.2) is 4.39 Å². The van der Waals surface area contributed by atoms with E-state index in [1.54, 1.807) is 18.2 Å². The van der Waals surface area contributed by atoms with E-state index in [0.717, 1.165) is 0 Å². The van der Waals surface area contributed by atoms with Crippen LogP contribution in [0.1, 0.15) is 12.5 Å². The number of allylic oxidation sites excluding steroid dienone is 1. The largest absolute Gasteiger partial charge is 0.309 e. The Morgan fingerprint density at radius 1 is 1.47 bits per heavy atom. The van der Waals surface area contributed by atoms with Gasteiger partial charge in [0.05, 0.1) is 0 Å². The molecule has 0 aliphatic heterocycles. The van der Waals surface area contributed by atoms with Crippen molar-refractivity contribution >= 4 is 11.9 Å². The normalized spacial score (nSPS) is 13.2. The van der Waals surface area contributed by atoms with Crippen molar-refractivity contribution in [2.75, 3.05) is 20.6 Å². The maximum atomic E-state index is 12.9. The first-order valence-corrected chi connectivity index (χ1v) is 5.61. The molecule has 3 heteroatoms. The Balaban J connectivity index is 2.62. The van der Waals surface area contributed by atoms with Crippen LogP contribution in [0.5, 0.6) is 0 Å². The molecule has 1 atom stereocenters. The summed E-state index contributed by atoms with van der Waals surface area (Å²) in [5.74, 6) is -0.279. The minimum absolute atomic E-state index is 0.0465. The van der Waals surface area contributed by atoms with Crippen LogP contribution in [0.3, 0.4) is 0 Å². The van der Waals surface area contributed by atoms with Crippen molar-refractivity contribution in [3.63, 3.8) is 0 Å². The smallest absolute Gasteiger partial charge is 0.159 e. The minimum atomic E-state index is -0.291. The van der Waals surface area contributed by atoms with E-state index < -0.39 is 0 Å². The summed E-state index contributed by atoms with van der Waals surface area (Å²) in [4.78, 5) is 13.7. The lowest BCUT2D eigenvalue weighted by Gasteiger charge is -2.13. The fraction of sp³-hybridized carbons (Fsp3) is 0.357. The standard InChI is InChI=1S/C14H18FNO/c1-11(10-16(2)3)14(17)8-7-12-5-4-6-13(15)9-12/h4-9,11H,10H2,1-3H3/b8-7+/t11-/m0/s1. The van der Waals surface area contributed by atoms with Crippen molar-refractivity contribution in [1.29, 1.82) is 0 Å². The van der Waals surface area contributed by atoms with E-state index in [9.17, 15) is 9.18 Å². The van der Waals surface area contributed by atoms with E-state index in [0.29, 0.717) is 12.1 Å². The third-order valence-corrected chi connectivity index (χ3v) is 2.41. The molecule has 0 aliphatic carbocycles. The lowest BCUT2D eigenvalue weighted by atomic mass is 10.0. The van der Waals surface area contributed by atoms with Gasteiger partial charge in [-0.15, -0.1) is 0 Å². The Morgan fingerprint density at radius 2 is 2.18 bits per heavy atom. The van der Waals surface area contributed by atoms with Crippen molar-refractivity contribution in [3.8, 4) is 0 Å². The molecule has 2 nitrogen and oxygen atoms in total. The number of hydrogen-bond donors (Lipinski definition) is 0.